The number of rotatable bonds is 5. The molecule has 2 heterocycles. The molecule has 2 aromatic heterocycles. The average Bonchev–Trinajstić information content (AvgIpc) is 2.60. The lowest BCUT2D eigenvalue weighted by Crippen LogP contribution is -2.36. The van der Waals surface area contributed by atoms with Crippen LogP contribution < -0.4 is 15.3 Å². The Labute approximate surface area is 146 Å². The van der Waals surface area contributed by atoms with Gasteiger partial charge in [-0.2, -0.15) is 0 Å². The number of pyridine rings is 2. The molecule has 3 rings (SSSR count). The average molecular weight is 332 g/mol. The van der Waals surface area contributed by atoms with Gasteiger partial charge in [0.1, 0.15) is 16.6 Å². The van der Waals surface area contributed by atoms with Crippen LogP contribution in [0.2, 0.25) is 0 Å². The highest BCUT2D eigenvalue weighted by atomic mass is 16.7. The van der Waals surface area contributed by atoms with E-state index in [0.29, 0.717) is 16.9 Å². The molecule has 0 N–H and O–H groups in total. The predicted octanol–water partition coefficient (Wildman–Crippen LogP) is 3.17. The second kappa shape index (κ2) is 6.77. The molecular weight excluding hydrogens is 312 g/mol. The summed E-state index contributed by atoms with van der Waals surface area (Å²) >= 11 is 0. The zero-order valence-electron chi connectivity index (χ0n) is 14.4. The molecule has 126 valence electrons. The Morgan fingerprint density at radius 2 is 1.76 bits per heavy atom. The fourth-order valence-electron chi connectivity index (χ4n) is 2.56. The van der Waals surface area contributed by atoms with Gasteiger partial charge in [0.15, 0.2) is 5.75 Å². The smallest absolute Gasteiger partial charge is 0.246 e. The Balaban J connectivity index is 1.97. The highest BCUT2D eigenvalue weighted by Crippen LogP contribution is 2.28. The molecule has 0 atom stereocenters. The van der Waals surface area contributed by atoms with Gasteiger partial charge in [-0.1, -0.05) is 37.4 Å². The number of aromatic nitrogens is 2. The van der Waals surface area contributed by atoms with Crippen molar-refractivity contribution in [2.75, 3.05) is 0 Å². The summed E-state index contributed by atoms with van der Waals surface area (Å²) < 4.78 is 12.2. The first kappa shape index (κ1) is 16.7. The van der Waals surface area contributed by atoms with E-state index in [9.17, 15) is 0 Å². The van der Waals surface area contributed by atoms with Gasteiger partial charge in [-0.05, 0) is 29.5 Å². The third kappa shape index (κ3) is 3.69. The summed E-state index contributed by atoms with van der Waals surface area (Å²) in [6, 6.07) is 13.4. The summed E-state index contributed by atoms with van der Waals surface area (Å²) in [6.45, 7) is 11.5. The van der Waals surface area contributed by atoms with E-state index in [2.05, 4.69) is 23.1 Å². The fraction of sp³-hybridized carbons (Fsp3) is 0.143. The Hall–Kier alpha value is -3.14. The minimum absolute atomic E-state index is 0.517. The first-order valence-electron chi connectivity index (χ1n) is 7.99. The second-order valence-electron chi connectivity index (χ2n) is 6.01. The van der Waals surface area contributed by atoms with Gasteiger partial charge in [0.25, 0.3) is 0 Å². The van der Waals surface area contributed by atoms with Gasteiger partial charge < -0.3 is 9.47 Å². The lowest BCUT2D eigenvalue weighted by molar-refractivity contribution is -0.101. The van der Waals surface area contributed by atoms with Gasteiger partial charge in [-0.3, -0.25) is 9.97 Å². The molecule has 0 radical (unpaired) electrons. The van der Waals surface area contributed by atoms with Crippen LogP contribution >= 0.6 is 0 Å². The molecule has 3 aromatic rings. The first-order valence-corrected chi connectivity index (χ1v) is 7.99. The predicted molar refractivity (Wildman–Crippen MR) is 100 cm³/mol. The van der Waals surface area contributed by atoms with Crippen molar-refractivity contribution in [3.05, 3.63) is 78.1 Å². The number of ether oxygens (including phenoxy) is 2. The van der Waals surface area contributed by atoms with Crippen LogP contribution in [0.3, 0.4) is 0 Å². The number of hydrogen-bond acceptors (Lipinski definition) is 4. The zero-order chi connectivity index (χ0) is 17.9. The van der Waals surface area contributed by atoms with E-state index < -0.39 is 5.79 Å². The van der Waals surface area contributed by atoms with Crippen LogP contribution in [0.15, 0.2) is 67.5 Å². The van der Waals surface area contributed by atoms with Crippen molar-refractivity contribution >= 4 is 23.2 Å². The topological polar surface area (TPSA) is 44.2 Å². The number of para-hydroxylation sites is 1. The van der Waals surface area contributed by atoms with E-state index in [1.165, 1.54) is 0 Å². The Bertz CT molecular complexity index is 1020. The molecule has 4 nitrogen and oxygen atoms in total. The van der Waals surface area contributed by atoms with Crippen molar-refractivity contribution in [1.29, 1.82) is 0 Å². The van der Waals surface area contributed by atoms with E-state index in [0.717, 1.165) is 16.1 Å². The highest BCUT2D eigenvalue weighted by Gasteiger charge is 2.24. The Kier molecular flexibility index (Phi) is 4.52. The van der Waals surface area contributed by atoms with Crippen molar-refractivity contribution in [1.82, 2.24) is 9.97 Å². The fourth-order valence-corrected chi connectivity index (χ4v) is 2.56. The van der Waals surface area contributed by atoms with Gasteiger partial charge in [-0.25, -0.2) is 0 Å². The van der Waals surface area contributed by atoms with Crippen LogP contribution in [0.1, 0.15) is 13.8 Å². The van der Waals surface area contributed by atoms with E-state index >= 15 is 0 Å². The molecule has 0 aliphatic heterocycles. The molecule has 0 unspecified atom stereocenters. The molecule has 0 spiro atoms. The van der Waals surface area contributed by atoms with Crippen molar-refractivity contribution in [3.63, 3.8) is 0 Å². The van der Waals surface area contributed by atoms with Crippen LogP contribution in [0.4, 0.5) is 0 Å². The van der Waals surface area contributed by atoms with E-state index in [1.54, 1.807) is 18.5 Å². The molecule has 0 aliphatic rings. The van der Waals surface area contributed by atoms with Gasteiger partial charge in [0, 0.05) is 31.6 Å². The van der Waals surface area contributed by atoms with Gasteiger partial charge in [0.2, 0.25) is 5.79 Å². The van der Waals surface area contributed by atoms with Crippen LogP contribution in [0.5, 0.6) is 5.75 Å². The summed E-state index contributed by atoms with van der Waals surface area (Å²) in [7, 11) is 0. The van der Waals surface area contributed by atoms with Gasteiger partial charge >= 0.3 is 0 Å². The monoisotopic (exact) mass is 332 g/mol. The minimum atomic E-state index is -0.945. The number of nitrogens with zero attached hydrogens (tertiary/aromatic N) is 2. The Morgan fingerprint density at radius 3 is 2.52 bits per heavy atom. The van der Waals surface area contributed by atoms with Crippen molar-refractivity contribution in [2.45, 2.75) is 19.6 Å². The number of fused-ring (bicyclic) bond motifs is 1. The SMILES string of the molecule is C=C/C(OC(C)(C)Oc1cccc2cccnc12)=c1/ncccc1=C. The molecule has 1 aromatic carbocycles. The summed E-state index contributed by atoms with van der Waals surface area (Å²) in [5.41, 5.74) is 0.789. The molecule has 0 fully saturated rings. The van der Waals surface area contributed by atoms with Crippen LogP contribution in [-0.4, -0.2) is 15.8 Å². The van der Waals surface area contributed by atoms with Crippen LogP contribution in [0.25, 0.3) is 23.2 Å². The Morgan fingerprint density at radius 1 is 1.04 bits per heavy atom. The van der Waals surface area contributed by atoms with E-state index in [4.69, 9.17) is 9.47 Å². The second-order valence-corrected chi connectivity index (χ2v) is 6.01. The van der Waals surface area contributed by atoms with Gasteiger partial charge in [-0.15, -0.1) is 0 Å². The largest absolute Gasteiger partial charge is 0.451 e. The van der Waals surface area contributed by atoms with Crippen molar-refractivity contribution < 1.29 is 9.47 Å². The molecule has 4 heteroatoms. The number of benzene rings is 1. The summed E-state index contributed by atoms with van der Waals surface area (Å²) in [6.07, 6.45) is 5.05. The van der Waals surface area contributed by atoms with Crippen LogP contribution in [0, 0.1) is 0 Å². The lowest BCUT2D eigenvalue weighted by atomic mass is 10.2. The van der Waals surface area contributed by atoms with Crippen molar-refractivity contribution in [3.8, 4) is 5.75 Å². The summed E-state index contributed by atoms with van der Waals surface area (Å²) in [5, 5.41) is 2.42. The third-order valence-electron chi connectivity index (χ3n) is 3.62. The van der Waals surface area contributed by atoms with E-state index in [-0.39, 0.29) is 0 Å². The maximum Gasteiger partial charge on any atom is 0.246 e. The molecule has 0 amide bonds. The highest BCUT2D eigenvalue weighted by molar-refractivity contribution is 5.84. The van der Waals surface area contributed by atoms with Gasteiger partial charge in [0.05, 0.1) is 0 Å². The lowest BCUT2D eigenvalue weighted by Gasteiger charge is -2.28. The molecular formula is C21H20N2O2. The molecule has 0 aliphatic carbocycles. The maximum absolute atomic E-state index is 6.11. The molecule has 0 saturated heterocycles. The quantitative estimate of drug-likeness (QED) is 0.673. The molecule has 25 heavy (non-hydrogen) atoms. The first-order chi connectivity index (χ1) is 12.0. The standard InChI is InChI=1S/C21H20N2O2/c1-5-17(19-15(2)9-7-13-22-19)24-21(3,4)25-18-12-6-10-16-11-8-14-23-20(16)18/h5-14H,1-2H2,3-4H3/b19-17-. The third-order valence-corrected chi connectivity index (χ3v) is 3.62. The van der Waals surface area contributed by atoms with Crippen LogP contribution in [-0.2, 0) is 4.74 Å². The normalized spacial score (nSPS) is 12.6. The summed E-state index contributed by atoms with van der Waals surface area (Å²) in [4.78, 5) is 8.73. The zero-order valence-corrected chi connectivity index (χ0v) is 14.4. The summed E-state index contributed by atoms with van der Waals surface area (Å²) in [5.74, 6) is 0.227. The van der Waals surface area contributed by atoms with Crippen molar-refractivity contribution in [2.24, 2.45) is 0 Å². The molecule has 0 saturated carbocycles. The maximum atomic E-state index is 6.11. The van der Waals surface area contributed by atoms with E-state index in [1.807, 2.05) is 56.3 Å². The number of hydrogen-bond donors (Lipinski definition) is 0. The minimum Gasteiger partial charge on any atom is -0.451 e. The molecule has 0 bridgehead atoms.